The fourth-order valence-electron chi connectivity index (χ4n) is 1.66. The molecule has 0 aromatic heterocycles. The number of benzene rings is 1. The Morgan fingerprint density at radius 1 is 1.31 bits per heavy atom. The molecule has 16 heavy (non-hydrogen) atoms. The molecule has 0 amide bonds. The van der Waals surface area contributed by atoms with Gasteiger partial charge in [0.05, 0.1) is 12.6 Å². The van der Waals surface area contributed by atoms with Gasteiger partial charge in [0, 0.05) is 19.8 Å². The van der Waals surface area contributed by atoms with Crippen molar-refractivity contribution in [3.05, 3.63) is 35.9 Å². The molecule has 1 aromatic carbocycles. The Kier molecular flexibility index (Phi) is 6.08. The van der Waals surface area contributed by atoms with Crippen molar-refractivity contribution >= 4 is 0 Å². The second-order valence-electron chi connectivity index (χ2n) is 4.00. The van der Waals surface area contributed by atoms with Gasteiger partial charge in [-0.2, -0.15) is 0 Å². The zero-order valence-electron chi connectivity index (χ0n) is 10.0. The molecule has 2 unspecified atom stereocenters. The maximum absolute atomic E-state index is 9.36. The molecule has 0 radical (unpaired) electrons. The molecule has 0 fully saturated rings. The minimum Gasteiger partial charge on any atom is -0.394 e. The number of aliphatic hydroxyl groups excluding tert-OH is 1. The molecule has 0 saturated heterocycles. The predicted molar refractivity (Wildman–Crippen MR) is 65.4 cm³/mol. The molecule has 0 aliphatic carbocycles. The highest BCUT2D eigenvalue weighted by molar-refractivity contribution is 5.18. The van der Waals surface area contributed by atoms with Crippen molar-refractivity contribution in [1.82, 2.24) is 5.32 Å². The van der Waals surface area contributed by atoms with Gasteiger partial charge in [-0.15, -0.1) is 0 Å². The Morgan fingerprint density at radius 3 is 2.56 bits per heavy atom. The molecule has 2 atom stereocenters. The van der Waals surface area contributed by atoms with Gasteiger partial charge in [-0.1, -0.05) is 30.3 Å². The minimum atomic E-state index is 0.00746. The van der Waals surface area contributed by atoms with E-state index >= 15 is 0 Å². The van der Waals surface area contributed by atoms with Crippen LogP contribution in [0.3, 0.4) is 0 Å². The number of nitrogens with one attached hydrogen (secondary N) is 1. The third-order valence-corrected chi connectivity index (χ3v) is 2.63. The highest BCUT2D eigenvalue weighted by Crippen LogP contribution is 2.12. The average Bonchev–Trinajstić information content (AvgIpc) is 2.34. The number of rotatable bonds is 7. The first-order chi connectivity index (χ1) is 7.77. The minimum absolute atomic E-state index is 0.00746. The Balaban J connectivity index is 2.49. The lowest BCUT2D eigenvalue weighted by molar-refractivity contribution is 0.175. The first-order valence-corrected chi connectivity index (χ1v) is 5.68. The van der Waals surface area contributed by atoms with Gasteiger partial charge in [0.25, 0.3) is 0 Å². The lowest BCUT2D eigenvalue weighted by Crippen LogP contribution is -2.33. The maximum Gasteiger partial charge on any atom is 0.0626 e. The number of aliphatic hydroxyl groups is 1. The van der Waals surface area contributed by atoms with E-state index in [2.05, 4.69) is 12.2 Å². The third kappa shape index (κ3) is 4.31. The highest BCUT2D eigenvalue weighted by atomic mass is 16.5. The largest absolute Gasteiger partial charge is 0.394 e. The Hall–Kier alpha value is -0.900. The van der Waals surface area contributed by atoms with Crippen LogP contribution in [-0.2, 0) is 4.74 Å². The molecule has 0 bridgehead atoms. The van der Waals surface area contributed by atoms with Gasteiger partial charge in [0.1, 0.15) is 0 Å². The highest BCUT2D eigenvalue weighted by Gasteiger charge is 2.12. The van der Waals surface area contributed by atoms with E-state index in [9.17, 15) is 5.11 Å². The summed E-state index contributed by atoms with van der Waals surface area (Å²) in [5.74, 6) is 0. The molecule has 0 aliphatic rings. The fourth-order valence-corrected chi connectivity index (χ4v) is 1.66. The first kappa shape index (κ1) is 13.2. The monoisotopic (exact) mass is 223 g/mol. The Morgan fingerprint density at radius 2 is 2.00 bits per heavy atom. The standard InChI is InChI=1S/C13H21NO2/c1-11(8-9-16-2)14-13(10-15)12-6-4-3-5-7-12/h3-7,11,13-15H,8-10H2,1-2H3. The summed E-state index contributed by atoms with van der Waals surface area (Å²) in [5, 5.41) is 12.7. The summed E-state index contributed by atoms with van der Waals surface area (Å²) in [5.41, 5.74) is 1.12. The molecular formula is C13H21NO2. The number of hydrogen-bond donors (Lipinski definition) is 2. The molecule has 0 aliphatic heterocycles. The summed E-state index contributed by atoms with van der Waals surface area (Å²) in [6, 6.07) is 10.3. The van der Waals surface area contributed by atoms with Crippen LogP contribution in [0.4, 0.5) is 0 Å². The SMILES string of the molecule is COCCC(C)NC(CO)c1ccccc1. The van der Waals surface area contributed by atoms with Crippen LogP contribution in [0.2, 0.25) is 0 Å². The lowest BCUT2D eigenvalue weighted by Gasteiger charge is -2.21. The molecule has 0 saturated carbocycles. The van der Waals surface area contributed by atoms with Crippen LogP contribution < -0.4 is 5.32 Å². The van der Waals surface area contributed by atoms with Gasteiger partial charge in [-0.25, -0.2) is 0 Å². The maximum atomic E-state index is 9.36. The first-order valence-electron chi connectivity index (χ1n) is 5.68. The van der Waals surface area contributed by atoms with Crippen molar-refractivity contribution in [2.24, 2.45) is 0 Å². The van der Waals surface area contributed by atoms with E-state index in [-0.39, 0.29) is 12.6 Å². The van der Waals surface area contributed by atoms with E-state index in [1.807, 2.05) is 30.3 Å². The zero-order chi connectivity index (χ0) is 11.8. The van der Waals surface area contributed by atoms with Crippen LogP contribution >= 0.6 is 0 Å². The van der Waals surface area contributed by atoms with Crippen LogP contribution in [-0.4, -0.2) is 31.5 Å². The van der Waals surface area contributed by atoms with Gasteiger partial charge < -0.3 is 15.2 Å². The second kappa shape index (κ2) is 7.39. The summed E-state index contributed by atoms with van der Waals surface area (Å²) in [4.78, 5) is 0. The summed E-state index contributed by atoms with van der Waals surface area (Å²) in [6.45, 7) is 2.95. The van der Waals surface area contributed by atoms with Crippen molar-refractivity contribution in [3.8, 4) is 0 Å². The van der Waals surface area contributed by atoms with Crippen molar-refractivity contribution in [2.75, 3.05) is 20.3 Å². The van der Waals surface area contributed by atoms with Crippen LogP contribution in [0, 0.1) is 0 Å². The summed E-state index contributed by atoms with van der Waals surface area (Å²) < 4.78 is 5.03. The molecule has 1 aromatic rings. The average molecular weight is 223 g/mol. The van der Waals surface area contributed by atoms with Crippen molar-refractivity contribution in [2.45, 2.75) is 25.4 Å². The van der Waals surface area contributed by atoms with Crippen molar-refractivity contribution < 1.29 is 9.84 Å². The van der Waals surface area contributed by atoms with Gasteiger partial charge in [-0.05, 0) is 18.9 Å². The normalized spacial score (nSPS) is 14.7. The summed E-state index contributed by atoms with van der Waals surface area (Å²) >= 11 is 0. The third-order valence-electron chi connectivity index (χ3n) is 2.63. The van der Waals surface area contributed by atoms with Gasteiger partial charge in [-0.3, -0.25) is 0 Å². The molecule has 0 spiro atoms. The van der Waals surface area contributed by atoms with Crippen LogP contribution in [0.1, 0.15) is 24.9 Å². The van der Waals surface area contributed by atoms with Crippen LogP contribution in [0.5, 0.6) is 0 Å². The Bertz CT molecular complexity index is 277. The van der Waals surface area contributed by atoms with E-state index in [1.54, 1.807) is 7.11 Å². The van der Waals surface area contributed by atoms with Crippen LogP contribution in [0.15, 0.2) is 30.3 Å². The quantitative estimate of drug-likeness (QED) is 0.739. The van der Waals surface area contributed by atoms with E-state index in [0.717, 1.165) is 18.6 Å². The fraction of sp³-hybridized carbons (Fsp3) is 0.538. The molecule has 90 valence electrons. The molecule has 2 N–H and O–H groups in total. The lowest BCUT2D eigenvalue weighted by atomic mass is 10.1. The molecule has 3 heteroatoms. The second-order valence-corrected chi connectivity index (χ2v) is 4.00. The number of ether oxygens (including phenoxy) is 1. The number of methoxy groups -OCH3 is 1. The van der Waals surface area contributed by atoms with Gasteiger partial charge in [0.2, 0.25) is 0 Å². The van der Waals surface area contributed by atoms with Crippen LogP contribution in [0.25, 0.3) is 0 Å². The van der Waals surface area contributed by atoms with Crippen molar-refractivity contribution in [3.63, 3.8) is 0 Å². The number of hydrogen-bond acceptors (Lipinski definition) is 3. The van der Waals surface area contributed by atoms with E-state index in [1.165, 1.54) is 0 Å². The van der Waals surface area contributed by atoms with Crippen molar-refractivity contribution in [1.29, 1.82) is 0 Å². The van der Waals surface area contributed by atoms with E-state index < -0.39 is 0 Å². The molecule has 1 rings (SSSR count). The smallest absolute Gasteiger partial charge is 0.0626 e. The van der Waals surface area contributed by atoms with Gasteiger partial charge in [0.15, 0.2) is 0 Å². The predicted octanol–water partition coefficient (Wildman–Crippen LogP) is 1.73. The van der Waals surface area contributed by atoms with E-state index in [4.69, 9.17) is 4.74 Å². The summed E-state index contributed by atoms with van der Waals surface area (Å²) in [6.07, 6.45) is 0.944. The molecule has 3 nitrogen and oxygen atoms in total. The van der Waals surface area contributed by atoms with E-state index in [0.29, 0.717) is 6.04 Å². The van der Waals surface area contributed by atoms with Gasteiger partial charge >= 0.3 is 0 Å². The topological polar surface area (TPSA) is 41.5 Å². The molecule has 0 heterocycles. The summed E-state index contributed by atoms with van der Waals surface area (Å²) in [7, 11) is 1.70. The molecular weight excluding hydrogens is 202 g/mol. The zero-order valence-corrected chi connectivity index (χ0v) is 10.0. The Labute approximate surface area is 97.4 Å².